The third-order valence-electron chi connectivity index (χ3n) is 4.11. The molecule has 0 bridgehead atoms. The first kappa shape index (κ1) is 15.6. The Morgan fingerprint density at radius 3 is 2.70 bits per heavy atom. The van der Waals surface area contributed by atoms with Gasteiger partial charge in [-0.3, -0.25) is 14.7 Å². The number of hydrogen-bond acceptors (Lipinski definition) is 4. The van der Waals surface area contributed by atoms with E-state index in [1.165, 1.54) is 18.1 Å². The van der Waals surface area contributed by atoms with Crippen LogP contribution in [-0.4, -0.2) is 35.4 Å². The Balaban J connectivity index is 1.71. The molecule has 120 valence electrons. The smallest absolute Gasteiger partial charge is 0.221 e. The third kappa shape index (κ3) is 4.15. The van der Waals surface area contributed by atoms with Gasteiger partial charge >= 0.3 is 0 Å². The van der Waals surface area contributed by atoms with Gasteiger partial charge in [0.05, 0.1) is 0 Å². The zero-order valence-electron chi connectivity index (χ0n) is 13.3. The van der Waals surface area contributed by atoms with Gasteiger partial charge in [0.2, 0.25) is 5.91 Å². The van der Waals surface area contributed by atoms with Crippen LogP contribution in [0.2, 0.25) is 0 Å². The second-order valence-corrected chi connectivity index (χ2v) is 5.85. The predicted molar refractivity (Wildman–Crippen MR) is 91.0 cm³/mol. The van der Waals surface area contributed by atoms with E-state index in [0.29, 0.717) is 6.04 Å². The first-order valence-electron chi connectivity index (χ1n) is 7.93. The fraction of sp³-hybridized carbons (Fsp3) is 0.333. The first-order chi connectivity index (χ1) is 11.2. The highest BCUT2D eigenvalue weighted by molar-refractivity contribution is 5.88. The second kappa shape index (κ2) is 7.35. The number of hydrogen-bond donors (Lipinski definition) is 2. The number of pyridine rings is 1. The normalized spacial score (nSPS) is 18.6. The molecule has 1 atom stereocenters. The molecule has 5 nitrogen and oxygen atoms in total. The summed E-state index contributed by atoms with van der Waals surface area (Å²) in [6.07, 6.45) is 3.70. The van der Waals surface area contributed by atoms with Crippen LogP contribution in [-0.2, 0) is 11.3 Å². The molecule has 1 aliphatic rings. The molecule has 0 saturated carbocycles. The minimum atomic E-state index is -0.0439. The monoisotopic (exact) mass is 310 g/mol. The molecule has 1 unspecified atom stereocenters. The number of anilines is 1. The van der Waals surface area contributed by atoms with Crippen LogP contribution in [0.25, 0.3) is 0 Å². The minimum Gasteiger partial charge on any atom is -0.326 e. The molecule has 1 fully saturated rings. The summed E-state index contributed by atoms with van der Waals surface area (Å²) in [5.74, 6) is -0.0439. The number of carbonyl (C=O) groups is 1. The Labute approximate surface area is 136 Å². The maximum absolute atomic E-state index is 11.1. The van der Waals surface area contributed by atoms with E-state index < -0.39 is 0 Å². The van der Waals surface area contributed by atoms with Gasteiger partial charge in [-0.15, -0.1) is 0 Å². The summed E-state index contributed by atoms with van der Waals surface area (Å²) in [6, 6.07) is 12.6. The predicted octanol–water partition coefficient (Wildman–Crippen LogP) is 2.19. The summed E-state index contributed by atoms with van der Waals surface area (Å²) in [5, 5.41) is 6.27. The quantitative estimate of drug-likeness (QED) is 0.909. The van der Waals surface area contributed by atoms with Crippen molar-refractivity contribution in [2.24, 2.45) is 0 Å². The summed E-state index contributed by atoms with van der Waals surface area (Å²) < 4.78 is 0. The highest BCUT2D eigenvalue weighted by Crippen LogP contribution is 2.24. The Hall–Kier alpha value is -2.24. The molecule has 0 radical (unpaired) electrons. The van der Waals surface area contributed by atoms with Crippen molar-refractivity contribution >= 4 is 11.6 Å². The van der Waals surface area contributed by atoms with Gasteiger partial charge in [0.1, 0.15) is 0 Å². The fourth-order valence-corrected chi connectivity index (χ4v) is 2.98. The number of nitrogens with one attached hydrogen (secondary N) is 2. The van der Waals surface area contributed by atoms with Gasteiger partial charge in [0.25, 0.3) is 0 Å². The van der Waals surface area contributed by atoms with Gasteiger partial charge < -0.3 is 10.6 Å². The van der Waals surface area contributed by atoms with Crippen LogP contribution in [0.15, 0.2) is 48.8 Å². The van der Waals surface area contributed by atoms with Crippen LogP contribution >= 0.6 is 0 Å². The SMILES string of the molecule is CC(=O)Nc1ccc(CN2CCNCC2c2ccncc2)cc1. The maximum Gasteiger partial charge on any atom is 0.221 e. The van der Waals surface area contributed by atoms with E-state index in [0.717, 1.165) is 31.9 Å². The van der Waals surface area contributed by atoms with Crippen LogP contribution < -0.4 is 10.6 Å². The van der Waals surface area contributed by atoms with Crippen molar-refractivity contribution in [2.45, 2.75) is 19.5 Å². The number of benzene rings is 1. The number of carbonyl (C=O) groups excluding carboxylic acids is 1. The average molecular weight is 310 g/mol. The fourth-order valence-electron chi connectivity index (χ4n) is 2.98. The highest BCUT2D eigenvalue weighted by atomic mass is 16.1. The van der Waals surface area contributed by atoms with Gasteiger partial charge in [-0.25, -0.2) is 0 Å². The summed E-state index contributed by atoms with van der Waals surface area (Å²) in [6.45, 7) is 5.39. The molecule has 23 heavy (non-hydrogen) atoms. The van der Waals surface area contributed by atoms with E-state index in [2.05, 4.69) is 44.8 Å². The zero-order valence-corrected chi connectivity index (χ0v) is 13.3. The zero-order chi connectivity index (χ0) is 16.1. The van der Waals surface area contributed by atoms with Crippen LogP contribution in [0.5, 0.6) is 0 Å². The van der Waals surface area contributed by atoms with Crippen LogP contribution in [0.1, 0.15) is 24.1 Å². The number of rotatable bonds is 4. The topological polar surface area (TPSA) is 57.3 Å². The van der Waals surface area contributed by atoms with Gasteiger partial charge in [0, 0.05) is 57.2 Å². The number of amides is 1. The standard InChI is InChI=1S/C18H22N4O/c1-14(23)21-17-4-2-15(3-5-17)13-22-11-10-20-12-18(22)16-6-8-19-9-7-16/h2-9,18,20H,10-13H2,1H3,(H,21,23). The lowest BCUT2D eigenvalue weighted by atomic mass is 10.0. The Kier molecular flexibility index (Phi) is 5.00. The summed E-state index contributed by atoms with van der Waals surface area (Å²) in [4.78, 5) is 17.7. The Morgan fingerprint density at radius 1 is 1.26 bits per heavy atom. The van der Waals surface area contributed by atoms with Gasteiger partial charge in [-0.2, -0.15) is 0 Å². The molecule has 1 aromatic carbocycles. The van der Waals surface area contributed by atoms with Crippen molar-refractivity contribution in [3.8, 4) is 0 Å². The third-order valence-corrected chi connectivity index (χ3v) is 4.11. The molecule has 2 heterocycles. The molecule has 2 aromatic rings. The van der Waals surface area contributed by atoms with E-state index in [1.54, 1.807) is 0 Å². The lowest BCUT2D eigenvalue weighted by molar-refractivity contribution is -0.114. The molecular weight excluding hydrogens is 288 g/mol. The number of piperazine rings is 1. The van der Waals surface area contributed by atoms with E-state index >= 15 is 0 Å². The molecule has 1 amide bonds. The second-order valence-electron chi connectivity index (χ2n) is 5.85. The molecule has 2 N–H and O–H groups in total. The minimum absolute atomic E-state index is 0.0439. The summed E-state index contributed by atoms with van der Waals surface area (Å²) in [5.41, 5.74) is 3.38. The number of nitrogens with zero attached hydrogens (tertiary/aromatic N) is 2. The Bertz CT molecular complexity index is 642. The van der Waals surface area contributed by atoms with E-state index in [1.807, 2.05) is 24.5 Å². The van der Waals surface area contributed by atoms with Crippen molar-refractivity contribution in [3.63, 3.8) is 0 Å². The van der Waals surface area contributed by atoms with E-state index in [4.69, 9.17) is 0 Å². The lowest BCUT2D eigenvalue weighted by Gasteiger charge is -2.36. The maximum atomic E-state index is 11.1. The molecule has 1 aromatic heterocycles. The largest absolute Gasteiger partial charge is 0.326 e. The molecule has 3 rings (SSSR count). The van der Waals surface area contributed by atoms with Gasteiger partial charge in [-0.1, -0.05) is 12.1 Å². The molecule has 1 aliphatic heterocycles. The van der Waals surface area contributed by atoms with Crippen molar-refractivity contribution in [1.29, 1.82) is 0 Å². The van der Waals surface area contributed by atoms with Crippen molar-refractivity contribution < 1.29 is 4.79 Å². The number of aromatic nitrogens is 1. The highest BCUT2D eigenvalue weighted by Gasteiger charge is 2.23. The Morgan fingerprint density at radius 2 is 2.00 bits per heavy atom. The van der Waals surface area contributed by atoms with Crippen molar-refractivity contribution in [1.82, 2.24) is 15.2 Å². The van der Waals surface area contributed by atoms with E-state index in [-0.39, 0.29) is 5.91 Å². The molecule has 5 heteroatoms. The van der Waals surface area contributed by atoms with Crippen LogP contribution in [0.3, 0.4) is 0 Å². The summed E-state index contributed by atoms with van der Waals surface area (Å²) in [7, 11) is 0. The lowest BCUT2D eigenvalue weighted by Crippen LogP contribution is -2.45. The first-order valence-corrected chi connectivity index (χ1v) is 7.93. The molecular formula is C18H22N4O. The average Bonchev–Trinajstić information content (AvgIpc) is 2.57. The molecule has 0 aliphatic carbocycles. The van der Waals surface area contributed by atoms with Gasteiger partial charge in [-0.05, 0) is 35.4 Å². The molecule has 0 spiro atoms. The van der Waals surface area contributed by atoms with E-state index in [9.17, 15) is 4.79 Å². The van der Waals surface area contributed by atoms with Crippen LogP contribution in [0, 0.1) is 0 Å². The molecule has 1 saturated heterocycles. The van der Waals surface area contributed by atoms with Crippen LogP contribution in [0.4, 0.5) is 5.69 Å². The van der Waals surface area contributed by atoms with Gasteiger partial charge in [0.15, 0.2) is 0 Å². The van der Waals surface area contributed by atoms with Crippen molar-refractivity contribution in [2.75, 3.05) is 25.0 Å². The van der Waals surface area contributed by atoms with Crippen molar-refractivity contribution in [3.05, 3.63) is 59.9 Å². The summed E-state index contributed by atoms with van der Waals surface area (Å²) >= 11 is 0.